The van der Waals surface area contributed by atoms with Crippen LogP contribution in [0.2, 0.25) is 5.21 Å². The second-order valence-electron chi connectivity index (χ2n) is 4.71. The van der Waals surface area contributed by atoms with Crippen molar-refractivity contribution in [3.05, 3.63) is 23.8 Å². The van der Waals surface area contributed by atoms with Crippen LogP contribution in [0.5, 0.6) is 11.5 Å². The first-order valence-corrected chi connectivity index (χ1v) is 5.42. The van der Waals surface area contributed by atoms with Gasteiger partial charge in [-0.2, -0.15) is 0 Å². The molecule has 0 amide bonds. The van der Waals surface area contributed by atoms with E-state index in [-0.39, 0.29) is 0 Å². The van der Waals surface area contributed by atoms with E-state index in [9.17, 15) is 0 Å². The minimum Gasteiger partial charge on any atom is -0.468 e. The Hall–Kier alpha value is -0.920. The molecule has 2 rings (SSSR count). The highest BCUT2D eigenvalue weighted by molar-refractivity contribution is 6.39. The van der Waals surface area contributed by atoms with E-state index in [1.165, 1.54) is 0 Å². The summed E-state index contributed by atoms with van der Waals surface area (Å²) >= 11 is 0. The van der Waals surface area contributed by atoms with Crippen molar-refractivity contribution in [3.8, 4) is 11.5 Å². The van der Waals surface area contributed by atoms with E-state index in [0.29, 0.717) is 17.9 Å². The zero-order valence-electron chi connectivity index (χ0n) is 9.77. The molecule has 0 aromatic heterocycles. The topological polar surface area (TPSA) is 18.5 Å². The van der Waals surface area contributed by atoms with Crippen LogP contribution in [0.4, 0.5) is 0 Å². The maximum Gasteiger partial charge on any atom is 0.175 e. The van der Waals surface area contributed by atoms with Gasteiger partial charge in [-0.3, -0.25) is 0 Å². The fourth-order valence-electron chi connectivity index (χ4n) is 1.65. The van der Waals surface area contributed by atoms with Gasteiger partial charge < -0.3 is 9.47 Å². The van der Waals surface area contributed by atoms with Crippen molar-refractivity contribution in [2.75, 3.05) is 0 Å². The Labute approximate surface area is 107 Å². The first-order chi connectivity index (χ1) is 7.75. The second-order valence-corrected chi connectivity index (χ2v) is 4.71. The number of hydrogen-bond acceptors (Lipinski definition) is 2. The van der Waals surface area contributed by atoms with E-state index in [2.05, 4.69) is 0 Å². The monoisotopic (exact) mass is 218 g/mol. The van der Waals surface area contributed by atoms with E-state index in [1.54, 1.807) is 13.0 Å². The maximum absolute atomic E-state index is 5.72. The Morgan fingerprint density at radius 1 is 1.18 bits per heavy atom. The lowest BCUT2D eigenvalue weighted by molar-refractivity contribution is 0.0833. The molecule has 0 saturated heterocycles. The van der Waals surface area contributed by atoms with Crippen molar-refractivity contribution in [1.82, 2.24) is 0 Å². The smallest absolute Gasteiger partial charge is 0.175 e. The molecule has 1 aromatic carbocycles. The lowest BCUT2D eigenvalue weighted by atomic mass is 9.53. The van der Waals surface area contributed by atoms with Gasteiger partial charge in [-0.05, 0) is 24.1 Å². The highest BCUT2D eigenvalue weighted by Crippen LogP contribution is 2.38. The molecule has 0 unspecified atom stereocenters. The Morgan fingerprint density at radius 3 is 2.47 bits per heavy atom. The summed E-state index contributed by atoms with van der Waals surface area (Å²) in [4.78, 5) is 0. The van der Waals surface area contributed by atoms with Crippen LogP contribution in [-0.2, 0) is 6.42 Å². The molecule has 78 valence electrons. The highest BCUT2D eigenvalue weighted by Gasteiger charge is 2.30. The van der Waals surface area contributed by atoms with Gasteiger partial charge >= 0.3 is 0 Å². The number of rotatable bonds is 3. The molecule has 0 spiro atoms. The van der Waals surface area contributed by atoms with Crippen LogP contribution in [0, 0.1) is 0 Å². The van der Waals surface area contributed by atoms with Gasteiger partial charge in [0.1, 0.15) is 0 Å². The molecule has 0 atom stereocenters. The van der Waals surface area contributed by atoms with Crippen LogP contribution < -0.4 is 9.47 Å². The zero-order valence-corrected chi connectivity index (χ0v) is 9.77. The summed E-state index contributed by atoms with van der Waals surface area (Å²) in [7, 11) is 22.5. The molecule has 0 fully saturated rings. The van der Waals surface area contributed by atoms with Crippen molar-refractivity contribution in [1.29, 1.82) is 0 Å². The molecule has 1 aliphatic rings. The molecule has 2 nitrogen and oxygen atoms in total. The molecule has 0 saturated carbocycles. The summed E-state index contributed by atoms with van der Waals surface area (Å²) < 4.78 is 10.4. The molecule has 8 radical (unpaired) electrons. The summed E-state index contributed by atoms with van der Waals surface area (Å²) in [5, 5.41) is -0.679. The lowest BCUT2D eigenvalue weighted by Gasteiger charge is -2.18. The third-order valence-electron chi connectivity index (χ3n) is 2.50. The molecule has 1 heterocycles. The predicted molar refractivity (Wildman–Crippen MR) is 70.1 cm³/mol. The number of fused-ring (bicyclic) bond motifs is 1. The average molecular weight is 217 g/mol. The second kappa shape index (κ2) is 4.08. The minimum atomic E-state index is -1.57. The fraction of sp³-hybridized carbons (Fsp3) is 0.455. The van der Waals surface area contributed by atoms with E-state index in [0.717, 1.165) is 12.0 Å². The van der Waals surface area contributed by atoms with E-state index in [4.69, 9.17) is 40.9 Å². The van der Waals surface area contributed by atoms with Crippen molar-refractivity contribution in [2.45, 2.75) is 30.6 Å². The number of hydrogen-bond donors (Lipinski definition) is 0. The molecular formula is C11H10B4O2. The summed E-state index contributed by atoms with van der Waals surface area (Å²) in [5.74, 6) is 1.09. The molecule has 0 bridgehead atoms. The van der Waals surface area contributed by atoms with Gasteiger partial charge in [0.05, 0.1) is 15.7 Å². The molecule has 17 heavy (non-hydrogen) atoms. The van der Waals surface area contributed by atoms with Crippen LogP contribution in [0.15, 0.2) is 18.2 Å². The van der Waals surface area contributed by atoms with Gasteiger partial charge in [-0.15, -0.1) is 5.21 Å². The SMILES string of the molecule is [B]C([B])(C)CCc1ccc2c(c1)OC([B])([B])O2. The molecular weight excluding hydrogens is 207 g/mol. The fourth-order valence-corrected chi connectivity index (χ4v) is 1.65. The van der Waals surface area contributed by atoms with E-state index < -0.39 is 10.8 Å². The van der Waals surface area contributed by atoms with Crippen molar-refractivity contribution < 1.29 is 9.47 Å². The van der Waals surface area contributed by atoms with Crippen LogP contribution in [0.3, 0.4) is 0 Å². The minimum absolute atomic E-state index is 0.544. The van der Waals surface area contributed by atoms with E-state index in [1.807, 2.05) is 12.1 Å². The first kappa shape index (κ1) is 12.5. The number of ether oxygens (including phenoxy) is 2. The summed E-state index contributed by atoms with van der Waals surface area (Å²) in [6, 6.07) is 5.52. The zero-order chi connectivity index (χ0) is 12.7. The van der Waals surface area contributed by atoms with Crippen LogP contribution in [0.1, 0.15) is 18.9 Å². The van der Waals surface area contributed by atoms with Gasteiger partial charge in [0.2, 0.25) is 0 Å². The lowest BCUT2D eigenvalue weighted by Crippen LogP contribution is -2.39. The predicted octanol–water partition coefficient (Wildman–Crippen LogP) is 0.812. The Morgan fingerprint density at radius 2 is 1.82 bits per heavy atom. The Kier molecular flexibility index (Phi) is 3.01. The standard InChI is InChI=1S/C11H10B4O2/c1-10(12,13)5-4-7-2-3-8-9(6-7)17-11(14,15)16-8/h2-3,6H,4-5H2,1H3. The highest BCUT2D eigenvalue weighted by atomic mass is 16.7. The van der Waals surface area contributed by atoms with Gasteiger partial charge in [0.15, 0.2) is 32.8 Å². The summed E-state index contributed by atoms with van der Waals surface area (Å²) in [6.45, 7) is 1.78. The van der Waals surface area contributed by atoms with Crippen LogP contribution in [0.25, 0.3) is 0 Å². The van der Waals surface area contributed by atoms with Gasteiger partial charge in [-0.1, -0.05) is 19.4 Å². The van der Waals surface area contributed by atoms with Crippen molar-refractivity contribution in [3.63, 3.8) is 0 Å². The van der Waals surface area contributed by atoms with Crippen molar-refractivity contribution >= 4 is 31.4 Å². The average Bonchev–Trinajstić information content (AvgIpc) is 2.46. The third kappa shape index (κ3) is 3.27. The van der Waals surface area contributed by atoms with Gasteiger partial charge in [0, 0.05) is 0 Å². The Bertz CT molecular complexity index is 426. The van der Waals surface area contributed by atoms with Crippen LogP contribution >= 0.6 is 0 Å². The maximum atomic E-state index is 5.72. The van der Waals surface area contributed by atoms with E-state index >= 15 is 0 Å². The first-order valence-electron chi connectivity index (χ1n) is 5.42. The molecule has 1 aromatic rings. The largest absolute Gasteiger partial charge is 0.468 e. The normalized spacial score (nSPS) is 17.0. The van der Waals surface area contributed by atoms with Gasteiger partial charge in [-0.25, -0.2) is 0 Å². The third-order valence-corrected chi connectivity index (χ3v) is 2.50. The Balaban J connectivity index is 2.09. The van der Waals surface area contributed by atoms with Crippen LogP contribution in [-0.4, -0.2) is 37.0 Å². The summed E-state index contributed by atoms with van der Waals surface area (Å²) in [6.07, 6.45) is 1.42. The van der Waals surface area contributed by atoms with Gasteiger partial charge in [0.25, 0.3) is 0 Å². The molecule has 6 heteroatoms. The summed E-state index contributed by atoms with van der Waals surface area (Å²) in [5.41, 5.74) is -0.524. The molecule has 0 N–H and O–H groups in total. The molecule has 1 aliphatic heterocycles. The quantitative estimate of drug-likeness (QED) is 0.698. The number of aryl methyl sites for hydroxylation is 1. The molecule has 0 aliphatic carbocycles. The van der Waals surface area contributed by atoms with Crippen molar-refractivity contribution in [2.24, 2.45) is 0 Å². The number of benzene rings is 1.